The number of likely N-dealkylation sites (N-methyl/N-ethyl adjacent to an activating group) is 1. The van der Waals surface area contributed by atoms with Gasteiger partial charge < -0.3 is 9.64 Å². The highest BCUT2D eigenvalue weighted by molar-refractivity contribution is 5.24. The Morgan fingerprint density at radius 3 is 2.55 bits per heavy atom. The lowest BCUT2D eigenvalue weighted by atomic mass is 10.2. The zero-order chi connectivity index (χ0) is 8.27. The maximum absolute atomic E-state index is 5.45. The molecule has 0 atom stereocenters. The molecular formula is C9H15NO. The Bertz CT molecular complexity index is 194. The minimum absolute atomic E-state index is 0.799. The summed E-state index contributed by atoms with van der Waals surface area (Å²) in [7, 11) is 2.08. The fourth-order valence-electron chi connectivity index (χ4n) is 1.27. The first-order chi connectivity index (χ1) is 5.29. The molecule has 0 N–H and O–H groups in total. The van der Waals surface area contributed by atoms with E-state index in [2.05, 4.69) is 18.0 Å². The Morgan fingerprint density at radius 1 is 1.36 bits per heavy atom. The molecule has 2 heteroatoms. The second-order valence-corrected chi connectivity index (χ2v) is 2.60. The minimum Gasteiger partial charge on any atom is -0.490 e. The maximum atomic E-state index is 5.45. The van der Waals surface area contributed by atoms with Gasteiger partial charge in [0.05, 0.1) is 12.2 Å². The molecule has 2 nitrogen and oxygen atoms in total. The molecule has 0 saturated carbocycles. The van der Waals surface area contributed by atoms with Crippen LogP contribution >= 0.6 is 0 Å². The van der Waals surface area contributed by atoms with Crippen molar-refractivity contribution >= 4 is 0 Å². The van der Waals surface area contributed by atoms with Crippen LogP contribution in [0.3, 0.4) is 0 Å². The molecule has 1 fully saturated rings. The molecule has 11 heavy (non-hydrogen) atoms. The van der Waals surface area contributed by atoms with Crippen molar-refractivity contribution in [2.45, 2.75) is 13.8 Å². The van der Waals surface area contributed by atoms with Crippen molar-refractivity contribution < 1.29 is 4.74 Å². The molecule has 0 unspecified atom stereocenters. The number of morpholine rings is 1. The lowest BCUT2D eigenvalue weighted by Crippen LogP contribution is -2.29. The van der Waals surface area contributed by atoms with E-state index in [1.165, 1.54) is 5.70 Å². The van der Waals surface area contributed by atoms with E-state index >= 15 is 0 Å². The quantitative estimate of drug-likeness (QED) is 0.525. The first kappa shape index (κ1) is 8.18. The molecule has 0 aromatic carbocycles. The predicted molar refractivity (Wildman–Crippen MR) is 46.1 cm³/mol. The van der Waals surface area contributed by atoms with E-state index in [1.54, 1.807) is 0 Å². The van der Waals surface area contributed by atoms with Gasteiger partial charge >= 0.3 is 0 Å². The van der Waals surface area contributed by atoms with Gasteiger partial charge in [0.2, 0.25) is 0 Å². The fraction of sp³-hybridized carbons (Fsp3) is 0.556. The average Bonchev–Trinajstić information content (AvgIpc) is 2.04. The van der Waals surface area contributed by atoms with Gasteiger partial charge in [0.15, 0.2) is 0 Å². The highest BCUT2D eigenvalue weighted by Gasteiger charge is 2.14. The first-order valence-electron chi connectivity index (χ1n) is 3.96. The molecule has 1 aliphatic heterocycles. The van der Waals surface area contributed by atoms with Gasteiger partial charge in [-0.3, -0.25) is 0 Å². The normalized spacial score (nSPS) is 25.9. The first-order valence-corrected chi connectivity index (χ1v) is 3.96. The van der Waals surface area contributed by atoms with Crippen LogP contribution in [-0.4, -0.2) is 25.1 Å². The Kier molecular flexibility index (Phi) is 2.58. The second kappa shape index (κ2) is 3.46. The van der Waals surface area contributed by atoms with Crippen molar-refractivity contribution in [3.63, 3.8) is 0 Å². The second-order valence-electron chi connectivity index (χ2n) is 2.60. The van der Waals surface area contributed by atoms with Crippen LogP contribution in [0.4, 0.5) is 0 Å². The van der Waals surface area contributed by atoms with Crippen LogP contribution < -0.4 is 0 Å². The van der Waals surface area contributed by atoms with Gasteiger partial charge in [-0.25, -0.2) is 0 Å². The van der Waals surface area contributed by atoms with E-state index in [9.17, 15) is 0 Å². The SMILES string of the molecule is C/C=C1/OCCN(C)/C1=C/C. The van der Waals surface area contributed by atoms with Crippen LogP contribution in [0.15, 0.2) is 23.6 Å². The summed E-state index contributed by atoms with van der Waals surface area (Å²) >= 11 is 0. The fourth-order valence-corrected chi connectivity index (χ4v) is 1.27. The lowest BCUT2D eigenvalue weighted by Gasteiger charge is -2.29. The zero-order valence-corrected chi connectivity index (χ0v) is 7.42. The molecule has 1 aliphatic rings. The summed E-state index contributed by atoms with van der Waals surface area (Å²) in [4.78, 5) is 2.21. The molecule has 0 aromatic rings. The molecule has 0 spiro atoms. The summed E-state index contributed by atoms with van der Waals surface area (Å²) in [6.07, 6.45) is 4.08. The van der Waals surface area contributed by atoms with Gasteiger partial charge in [0, 0.05) is 7.05 Å². The summed E-state index contributed by atoms with van der Waals surface area (Å²) in [5.41, 5.74) is 1.19. The zero-order valence-electron chi connectivity index (χ0n) is 7.42. The summed E-state index contributed by atoms with van der Waals surface area (Å²) in [5.74, 6) is 1.00. The third-order valence-corrected chi connectivity index (χ3v) is 1.88. The molecule has 0 amide bonds. The molecular weight excluding hydrogens is 138 g/mol. The predicted octanol–water partition coefficient (Wildman–Crippen LogP) is 1.76. The molecule has 1 heterocycles. The number of hydrogen-bond acceptors (Lipinski definition) is 2. The number of allylic oxidation sites excluding steroid dienone is 2. The van der Waals surface area contributed by atoms with Crippen molar-refractivity contribution in [2.24, 2.45) is 0 Å². The smallest absolute Gasteiger partial charge is 0.138 e. The Labute approximate surface area is 68.1 Å². The van der Waals surface area contributed by atoms with Gasteiger partial charge in [-0.05, 0) is 19.9 Å². The van der Waals surface area contributed by atoms with Crippen molar-refractivity contribution in [3.8, 4) is 0 Å². The number of nitrogens with zero attached hydrogens (tertiary/aromatic N) is 1. The van der Waals surface area contributed by atoms with Gasteiger partial charge in [0.25, 0.3) is 0 Å². The van der Waals surface area contributed by atoms with Crippen LogP contribution in [0.1, 0.15) is 13.8 Å². The highest BCUT2D eigenvalue weighted by atomic mass is 16.5. The van der Waals surface area contributed by atoms with Crippen molar-refractivity contribution in [1.82, 2.24) is 4.90 Å². The molecule has 0 aromatic heterocycles. The van der Waals surface area contributed by atoms with Crippen LogP contribution in [0.2, 0.25) is 0 Å². The van der Waals surface area contributed by atoms with Crippen molar-refractivity contribution in [1.29, 1.82) is 0 Å². The van der Waals surface area contributed by atoms with Crippen LogP contribution in [0.25, 0.3) is 0 Å². The van der Waals surface area contributed by atoms with E-state index in [4.69, 9.17) is 4.74 Å². The molecule has 1 rings (SSSR count). The van der Waals surface area contributed by atoms with Gasteiger partial charge in [-0.2, -0.15) is 0 Å². The van der Waals surface area contributed by atoms with E-state index in [-0.39, 0.29) is 0 Å². The van der Waals surface area contributed by atoms with E-state index < -0.39 is 0 Å². The van der Waals surface area contributed by atoms with E-state index in [1.807, 2.05) is 19.9 Å². The van der Waals surface area contributed by atoms with E-state index in [0.29, 0.717) is 0 Å². The largest absolute Gasteiger partial charge is 0.490 e. The van der Waals surface area contributed by atoms with Crippen LogP contribution in [0, 0.1) is 0 Å². The van der Waals surface area contributed by atoms with Crippen molar-refractivity contribution in [2.75, 3.05) is 20.2 Å². The summed E-state index contributed by atoms with van der Waals surface area (Å²) < 4.78 is 5.45. The molecule has 62 valence electrons. The Hall–Kier alpha value is -0.920. The van der Waals surface area contributed by atoms with Crippen LogP contribution in [-0.2, 0) is 4.74 Å². The Balaban J connectivity index is 2.81. The number of rotatable bonds is 0. The maximum Gasteiger partial charge on any atom is 0.138 e. The number of hydrogen-bond donors (Lipinski definition) is 0. The van der Waals surface area contributed by atoms with E-state index in [0.717, 1.165) is 18.9 Å². The summed E-state index contributed by atoms with van der Waals surface area (Å²) in [6, 6.07) is 0. The summed E-state index contributed by atoms with van der Waals surface area (Å²) in [6.45, 7) is 5.81. The lowest BCUT2D eigenvalue weighted by molar-refractivity contribution is 0.141. The topological polar surface area (TPSA) is 12.5 Å². The molecule has 0 bridgehead atoms. The molecule has 1 saturated heterocycles. The third kappa shape index (κ3) is 1.56. The van der Waals surface area contributed by atoms with Gasteiger partial charge in [-0.15, -0.1) is 0 Å². The van der Waals surface area contributed by atoms with Crippen LogP contribution in [0.5, 0.6) is 0 Å². The minimum atomic E-state index is 0.799. The van der Waals surface area contributed by atoms with Gasteiger partial charge in [-0.1, -0.05) is 6.08 Å². The molecule has 0 aliphatic carbocycles. The number of ether oxygens (including phenoxy) is 1. The van der Waals surface area contributed by atoms with Crippen molar-refractivity contribution in [3.05, 3.63) is 23.6 Å². The average molecular weight is 153 g/mol. The standard InChI is InChI=1S/C9H15NO/c1-4-8-9(5-2)11-7-6-10(8)3/h4-5H,6-7H2,1-3H3/b8-4+,9-5+. The third-order valence-electron chi connectivity index (χ3n) is 1.88. The Morgan fingerprint density at radius 2 is 2.09 bits per heavy atom. The monoisotopic (exact) mass is 153 g/mol. The highest BCUT2D eigenvalue weighted by Crippen LogP contribution is 2.18. The van der Waals surface area contributed by atoms with Gasteiger partial charge in [0.1, 0.15) is 12.4 Å². The summed E-state index contributed by atoms with van der Waals surface area (Å²) in [5, 5.41) is 0. The molecule has 0 radical (unpaired) electrons.